The minimum Gasteiger partial charge on any atom is -0.459 e. The standard InChI is InChI=1S/C17H17N3O4/c1-17(13-6-7-13)15(22)20(16(23)19-17)9-14(21)24-10-12-5-3-2-4-11(12)8-18/h2-5,13H,6-7,9-10H2,1H3,(H,19,23)/t17-/m0/s1. The van der Waals surface area contributed by atoms with Crippen molar-refractivity contribution in [2.45, 2.75) is 31.9 Å². The van der Waals surface area contributed by atoms with Gasteiger partial charge in [-0.2, -0.15) is 5.26 Å². The molecule has 0 spiro atoms. The van der Waals surface area contributed by atoms with Crippen LogP contribution in [0.25, 0.3) is 0 Å². The maximum Gasteiger partial charge on any atom is 0.326 e. The number of urea groups is 1. The van der Waals surface area contributed by atoms with Crippen LogP contribution in [0.2, 0.25) is 0 Å². The number of nitrogens with zero attached hydrogens (tertiary/aromatic N) is 2. The van der Waals surface area contributed by atoms with Gasteiger partial charge >= 0.3 is 12.0 Å². The highest BCUT2D eigenvalue weighted by atomic mass is 16.5. The highest BCUT2D eigenvalue weighted by molar-refractivity contribution is 6.08. The lowest BCUT2D eigenvalue weighted by atomic mass is 9.96. The van der Waals surface area contributed by atoms with Gasteiger partial charge in [0.1, 0.15) is 18.7 Å². The van der Waals surface area contributed by atoms with E-state index in [1.807, 2.05) is 6.07 Å². The fourth-order valence-electron chi connectivity index (χ4n) is 2.88. The molecule has 24 heavy (non-hydrogen) atoms. The van der Waals surface area contributed by atoms with Gasteiger partial charge in [-0.15, -0.1) is 0 Å². The predicted octanol–water partition coefficient (Wildman–Crippen LogP) is 1.32. The number of ether oxygens (including phenoxy) is 1. The Morgan fingerprint density at radius 3 is 2.79 bits per heavy atom. The predicted molar refractivity (Wildman–Crippen MR) is 82.3 cm³/mol. The molecule has 3 amide bonds. The smallest absolute Gasteiger partial charge is 0.326 e. The molecule has 2 aliphatic rings. The SMILES string of the molecule is C[C@@]1(C2CC2)NC(=O)N(CC(=O)OCc2ccccc2C#N)C1=O. The topological polar surface area (TPSA) is 99.5 Å². The second kappa shape index (κ2) is 5.96. The average Bonchev–Trinajstić information content (AvgIpc) is 3.39. The number of carbonyl (C=O) groups is 3. The molecule has 124 valence electrons. The van der Waals surface area contributed by atoms with E-state index < -0.39 is 24.1 Å². The zero-order valence-corrected chi connectivity index (χ0v) is 13.2. The zero-order valence-electron chi connectivity index (χ0n) is 13.2. The van der Waals surface area contributed by atoms with Gasteiger partial charge in [-0.1, -0.05) is 18.2 Å². The van der Waals surface area contributed by atoms with Gasteiger partial charge in [0.25, 0.3) is 5.91 Å². The van der Waals surface area contributed by atoms with Gasteiger partial charge in [-0.25, -0.2) is 4.79 Å². The Morgan fingerprint density at radius 1 is 1.42 bits per heavy atom. The monoisotopic (exact) mass is 327 g/mol. The molecule has 0 radical (unpaired) electrons. The van der Waals surface area contributed by atoms with Crippen molar-refractivity contribution in [3.05, 3.63) is 35.4 Å². The molecule has 1 saturated carbocycles. The van der Waals surface area contributed by atoms with E-state index in [4.69, 9.17) is 10.00 Å². The largest absolute Gasteiger partial charge is 0.459 e. The van der Waals surface area contributed by atoms with Crippen molar-refractivity contribution in [3.63, 3.8) is 0 Å². The average molecular weight is 327 g/mol. The van der Waals surface area contributed by atoms with Gasteiger partial charge in [0.05, 0.1) is 11.6 Å². The van der Waals surface area contributed by atoms with E-state index in [0.29, 0.717) is 11.1 Å². The molecule has 7 heteroatoms. The van der Waals surface area contributed by atoms with Crippen molar-refractivity contribution in [1.82, 2.24) is 10.2 Å². The van der Waals surface area contributed by atoms with Crippen molar-refractivity contribution in [3.8, 4) is 6.07 Å². The van der Waals surface area contributed by atoms with Crippen LogP contribution in [0.3, 0.4) is 0 Å². The Balaban J connectivity index is 1.60. The minimum atomic E-state index is -0.912. The fourth-order valence-corrected chi connectivity index (χ4v) is 2.88. The Morgan fingerprint density at radius 2 is 2.12 bits per heavy atom. The van der Waals surface area contributed by atoms with Gasteiger partial charge in [-0.3, -0.25) is 14.5 Å². The van der Waals surface area contributed by atoms with Crippen LogP contribution in [-0.2, 0) is 20.9 Å². The molecule has 2 fully saturated rings. The number of carbonyl (C=O) groups excluding carboxylic acids is 3. The quantitative estimate of drug-likeness (QED) is 0.649. The van der Waals surface area contributed by atoms with Gasteiger partial charge in [-0.05, 0) is 31.7 Å². The van der Waals surface area contributed by atoms with Crippen LogP contribution in [0, 0.1) is 17.2 Å². The first-order valence-electron chi connectivity index (χ1n) is 7.73. The Labute approximate surface area is 139 Å². The first kappa shape index (κ1) is 16.0. The second-order valence-electron chi connectivity index (χ2n) is 6.23. The van der Waals surface area contributed by atoms with Crippen LogP contribution >= 0.6 is 0 Å². The number of nitriles is 1. The van der Waals surface area contributed by atoms with E-state index in [1.54, 1.807) is 31.2 Å². The lowest BCUT2D eigenvalue weighted by Gasteiger charge is -2.20. The molecule has 1 atom stereocenters. The molecule has 1 aromatic carbocycles. The van der Waals surface area contributed by atoms with E-state index in [-0.39, 0.29) is 18.4 Å². The summed E-state index contributed by atoms with van der Waals surface area (Å²) >= 11 is 0. The molecule has 7 nitrogen and oxygen atoms in total. The number of imide groups is 1. The van der Waals surface area contributed by atoms with Crippen LogP contribution < -0.4 is 5.32 Å². The lowest BCUT2D eigenvalue weighted by molar-refractivity contribution is -0.148. The lowest BCUT2D eigenvalue weighted by Crippen LogP contribution is -2.46. The number of hydrogen-bond acceptors (Lipinski definition) is 5. The summed E-state index contributed by atoms with van der Waals surface area (Å²) in [5.41, 5.74) is 0.0834. The van der Waals surface area contributed by atoms with E-state index in [0.717, 1.165) is 17.7 Å². The van der Waals surface area contributed by atoms with Crippen LogP contribution in [0.1, 0.15) is 30.9 Å². The molecular weight excluding hydrogens is 310 g/mol. The van der Waals surface area contributed by atoms with E-state index >= 15 is 0 Å². The molecule has 1 saturated heterocycles. The first-order valence-corrected chi connectivity index (χ1v) is 7.73. The van der Waals surface area contributed by atoms with Crippen molar-refractivity contribution in [2.24, 2.45) is 5.92 Å². The zero-order chi connectivity index (χ0) is 17.3. The summed E-state index contributed by atoms with van der Waals surface area (Å²) in [7, 11) is 0. The molecule has 0 unspecified atom stereocenters. The van der Waals surface area contributed by atoms with E-state index in [9.17, 15) is 14.4 Å². The minimum absolute atomic E-state index is 0.0773. The number of amides is 3. The molecule has 0 aromatic heterocycles. The van der Waals surface area contributed by atoms with Gasteiger partial charge < -0.3 is 10.1 Å². The number of hydrogen-bond donors (Lipinski definition) is 1. The third-order valence-electron chi connectivity index (χ3n) is 4.51. The van der Waals surface area contributed by atoms with E-state index in [2.05, 4.69) is 5.32 Å². The van der Waals surface area contributed by atoms with Crippen LogP contribution in [0.15, 0.2) is 24.3 Å². The molecule has 1 aliphatic carbocycles. The van der Waals surface area contributed by atoms with E-state index in [1.165, 1.54) is 0 Å². The van der Waals surface area contributed by atoms with Crippen LogP contribution in [0.5, 0.6) is 0 Å². The molecular formula is C17H17N3O4. The Kier molecular flexibility index (Phi) is 3.97. The number of nitrogens with one attached hydrogen (secondary N) is 1. The molecule has 1 aromatic rings. The summed E-state index contributed by atoms with van der Waals surface area (Å²) in [5.74, 6) is -0.937. The number of esters is 1. The molecule has 1 aliphatic heterocycles. The summed E-state index contributed by atoms with van der Waals surface area (Å²) in [6, 6.07) is 8.22. The summed E-state index contributed by atoms with van der Waals surface area (Å²) < 4.78 is 5.11. The Hall–Kier alpha value is -2.88. The van der Waals surface area contributed by atoms with Crippen LogP contribution in [-0.4, -0.2) is 34.9 Å². The third-order valence-corrected chi connectivity index (χ3v) is 4.51. The summed E-state index contributed by atoms with van der Waals surface area (Å²) in [6.07, 6.45) is 1.79. The molecule has 1 N–H and O–H groups in total. The van der Waals surface area contributed by atoms with Crippen molar-refractivity contribution in [2.75, 3.05) is 6.54 Å². The number of benzene rings is 1. The number of rotatable bonds is 5. The highest BCUT2D eigenvalue weighted by Gasteiger charge is 2.56. The fraction of sp³-hybridized carbons (Fsp3) is 0.412. The molecule has 0 bridgehead atoms. The highest BCUT2D eigenvalue weighted by Crippen LogP contribution is 2.42. The Bertz CT molecular complexity index is 750. The van der Waals surface area contributed by atoms with Crippen molar-refractivity contribution in [1.29, 1.82) is 5.26 Å². The van der Waals surface area contributed by atoms with Crippen LogP contribution in [0.4, 0.5) is 4.79 Å². The summed E-state index contributed by atoms with van der Waals surface area (Å²) in [5, 5.41) is 11.7. The maximum atomic E-state index is 12.4. The first-order chi connectivity index (χ1) is 11.5. The van der Waals surface area contributed by atoms with Gasteiger partial charge in [0.2, 0.25) is 0 Å². The molecule has 3 rings (SSSR count). The van der Waals surface area contributed by atoms with Crippen molar-refractivity contribution < 1.29 is 19.1 Å². The third kappa shape index (κ3) is 2.83. The summed E-state index contributed by atoms with van der Waals surface area (Å²) in [6.45, 7) is 1.19. The van der Waals surface area contributed by atoms with Gasteiger partial charge in [0, 0.05) is 5.56 Å². The maximum absolute atomic E-state index is 12.4. The van der Waals surface area contributed by atoms with Gasteiger partial charge in [0.15, 0.2) is 0 Å². The normalized spacial score (nSPS) is 22.9. The molecule has 1 heterocycles. The summed E-state index contributed by atoms with van der Waals surface area (Å²) in [4.78, 5) is 37.3. The van der Waals surface area contributed by atoms with Crippen molar-refractivity contribution >= 4 is 17.9 Å². The second-order valence-corrected chi connectivity index (χ2v) is 6.23.